The molecule has 0 N–H and O–H groups in total. The quantitative estimate of drug-likeness (QED) is 0.438. The van der Waals surface area contributed by atoms with Crippen LogP contribution in [0.2, 0.25) is 0 Å². The van der Waals surface area contributed by atoms with Gasteiger partial charge in [-0.3, -0.25) is 0 Å². The van der Waals surface area contributed by atoms with Crippen LogP contribution in [0.3, 0.4) is 0 Å². The first-order valence-electron chi connectivity index (χ1n) is 3.78. The molecule has 1 aliphatic rings. The van der Waals surface area contributed by atoms with Crippen molar-refractivity contribution in [3.05, 3.63) is 0 Å². The molecule has 2 atom stereocenters. The van der Waals surface area contributed by atoms with Crippen molar-refractivity contribution in [2.75, 3.05) is 0 Å². The normalized spacial score (nSPS) is 36.5. The van der Waals surface area contributed by atoms with Crippen molar-refractivity contribution < 1.29 is 9.53 Å². The summed E-state index contributed by atoms with van der Waals surface area (Å²) in [5.41, 5.74) is -0.568. The first kappa shape index (κ1) is 8.29. The van der Waals surface area contributed by atoms with Gasteiger partial charge in [0.2, 0.25) is 0 Å². The summed E-state index contributed by atoms with van der Waals surface area (Å²) in [5, 5.41) is 0. The van der Waals surface area contributed by atoms with Crippen LogP contribution in [0.25, 0.3) is 0 Å². The molecular weight excluding hydrogens is 140 g/mol. The van der Waals surface area contributed by atoms with E-state index in [4.69, 9.17) is 11.2 Å². The van der Waals surface area contributed by atoms with Crippen LogP contribution in [0.1, 0.15) is 26.2 Å². The molecule has 2 unspecified atom stereocenters. The summed E-state index contributed by atoms with van der Waals surface area (Å²) in [6, 6.07) is 0. The van der Waals surface area contributed by atoms with Crippen LogP contribution >= 0.6 is 0 Å². The van der Waals surface area contributed by atoms with E-state index in [0.717, 1.165) is 19.1 Å². The molecule has 1 heterocycles. The molecule has 0 amide bonds. The van der Waals surface area contributed by atoms with Gasteiger partial charge in [0.1, 0.15) is 5.60 Å². The third-order valence-electron chi connectivity index (χ3n) is 1.99. The highest BCUT2D eigenvalue weighted by Gasteiger charge is 2.34. The van der Waals surface area contributed by atoms with Gasteiger partial charge in [0, 0.05) is 6.42 Å². The number of ether oxygens (including phenoxy) is 1. The molecule has 0 aromatic carbocycles. The third kappa shape index (κ3) is 1.81. The fourth-order valence-corrected chi connectivity index (χ4v) is 1.31. The Bertz CT molecular complexity index is 192. The Hall–Kier alpha value is -0.810. The van der Waals surface area contributed by atoms with Crippen LogP contribution in [0.4, 0.5) is 0 Å². The molecule has 0 radical (unpaired) electrons. The molecule has 60 valence electrons. The van der Waals surface area contributed by atoms with Crippen LogP contribution in [0, 0.1) is 12.3 Å². The largest absolute Gasteiger partial charge is 0.364 e. The summed E-state index contributed by atoms with van der Waals surface area (Å²) in [5.74, 6) is 2.53. The topological polar surface area (TPSA) is 26.3 Å². The predicted molar refractivity (Wildman–Crippen MR) is 42.0 cm³/mol. The molecule has 0 bridgehead atoms. The van der Waals surface area contributed by atoms with Gasteiger partial charge < -0.3 is 9.53 Å². The van der Waals surface area contributed by atoms with Gasteiger partial charge >= 0.3 is 0 Å². The summed E-state index contributed by atoms with van der Waals surface area (Å²) in [7, 11) is 0. The lowest BCUT2D eigenvalue weighted by molar-refractivity contribution is -0.127. The number of hydrogen-bond donors (Lipinski definition) is 0. The smallest absolute Gasteiger partial charge is 0.151 e. The maximum absolute atomic E-state index is 10.5. The van der Waals surface area contributed by atoms with Crippen LogP contribution < -0.4 is 0 Å². The van der Waals surface area contributed by atoms with Crippen LogP contribution in [-0.4, -0.2) is 18.0 Å². The molecule has 0 aromatic heterocycles. The summed E-state index contributed by atoms with van der Waals surface area (Å²) in [6.07, 6.45) is 8.39. The maximum atomic E-state index is 10.5. The number of terminal acetylenes is 1. The summed E-state index contributed by atoms with van der Waals surface area (Å²) >= 11 is 0. The second kappa shape index (κ2) is 3.06. The number of carbonyl (C=O) groups is 1. The molecule has 0 aliphatic carbocycles. The van der Waals surface area contributed by atoms with Crippen molar-refractivity contribution >= 4 is 6.29 Å². The Morgan fingerprint density at radius 1 is 1.91 bits per heavy atom. The van der Waals surface area contributed by atoms with Gasteiger partial charge in [0.15, 0.2) is 6.29 Å². The molecule has 0 spiro atoms. The lowest BCUT2D eigenvalue weighted by Gasteiger charge is -2.16. The van der Waals surface area contributed by atoms with E-state index in [0.29, 0.717) is 6.42 Å². The van der Waals surface area contributed by atoms with Crippen molar-refractivity contribution in [2.45, 2.75) is 37.9 Å². The lowest BCUT2D eigenvalue weighted by Crippen LogP contribution is -2.26. The first-order chi connectivity index (χ1) is 5.20. The molecule has 2 nitrogen and oxygen atoms in total. The van der Waals surface area contributed by atoms with Crippen LogP contribution in [0.15, 0.2) is 0 Å². The SMILES string of the molecule is C#CCC1CCC(C)(C=O)O1. The minimum absolute atomic E-state index is 0.0928. The number of hydrogen-bond acceptors (Lipinski definition) is 2. The average molecular weight is 152 g/mol. The zero-order valence-electron chi connectivity index (χ0n) is 6.67. The zero-order chi connectivity index (χ0) is 8.32. The minimum atomic E-state index is -0.568. The van der Waals surface area contributed by atoms with E-state index in [9.17, 15) is 4.79 Å². The third-order valence-corrected chi connectivity index (χ3v) is 1.99. The van der Waals surface area contributed by atoms with E-state index in [2.05, 4.69) is 5.92 Å². The second-order valence-corrected chi connectivity index (χ2v) is 3.12. The van der Waals surface area contributed by atoms with Crippen LogP contribution in [0.5, 0.6) is 0 Å². The molecule has 1 saturated heterocycles. The standard InChI is InChI=1S/C9H12O2/c1-3-4-8-5-6-9(2,7-10)11-8/h1,7-8H,4-6H2,2H3. The first-order valence-corrected chi connectivity index (χ1v) is 3.78. The highest BCUT2D eigenvalue weighted by atomic mass is 16.5. The predicted octanol–water partition coefficient (Wildman–Crippen LogP) is 1.15. The van der Waals surface area contributed by atoms with Crippen molar-refractivity contribution in [2.24, 2.45) is 0 Å². The molecule has 0 saturated carbocycles. The molecule has 2 heteroatoms. The van der Waals surface area contributed by atoms with E-state index in [-0.39, 0.29) is 6.10 Å². The number of rotatable bonds is 2. The van der Waals surface area contributed by atoms with Gasteiger partial charge in [-0.1, -0.05) is 0 Å². The van der Waals surface area contributed by atoms with Crippen molar-refractivity contribution in [1.82, 2.24) is 0 Å². The Morgan fingerprint density at radius 2 is 2.64 bits per heavy atom. The Balaban J connectivity index is 2.47. The second-order valence-electron chi connectivity index (χ2n) is 3.12. The van der Waals surface area contributed by atoms with E-state index < -0.39 is 5.60 Å². The number of aldehydes is 1. The van der Waals surface area contributed by atoms with Gasteiger partial charge in [-0.15, -0.1) is 12.3 Å². The van der Waals surface area contributed by atoms with Crippen molar-refractivity contribution in [1.29, 1.82) is 0 Å². The fraction of sp³-hybridized carbons (Fsp3) is 0.667. The fourth-order valence-electron chi connectivity index (χ4n) is 1.31. The van der Waals surface area contributed by atoms with Crippen molar-refractivity contribution in [3.8, 4) is 12.3 Å². The molecule has 1 aliphatic heterocycles. The Kier molecular flexibility index (Phi) is 2.31. The van der Waals surface area contributed by atoms with E-state index in [1.165, 1.54) is 0 Å². The molecule has 1 rings (SSSR count). The Labute approximate surface area is 66.9 Å². The minimum Gasteiger partial charge on any atom is -0.364 e. The highest BCUT2D eigenvalue weighted by Crippen LogP contribution is 2.29. The van der Waals surface area contributed by atoms with Gasteiger partial charge in [0.25, 0.3) is 0 Å². The summed E-state index contributed by atoms with van der Waals surface area (Å²) < 4.78 is 5.43. The van der Waals surface area contributed by atoms with E-state index in [1.54, 1.807) is 6.92 Å². The lowest BCUT2D eigenvalue weighted by atomic mass is 10.0. The van der Waals surface area contributed by atoms with Crippen LogP contribution in [-0.2, 0) is 9.53 Å². The van der Waals surface area contributed by atoms with E-state index in [1.807, 2.05) is 0 Å². The highest BCUT2D eigenvalue weighted by molar-refractivity contribution is 5.62. The van der Waals surface area contributed by atoms with Gasteiger partial charge in [-0.05, 0) is 19.8 Å². The van der Waals surface area contributed by atoms with Gasteiger partial charge in [0.05, 0.1) is 6.10 Å². The summed E-state index contributed by atoms with van der Waals surface area (Å²) in [6.45, 7) is 1.80. The Morgan fingerprint density at radius 3 is 3.09 bits per heavy atom. The average Bonchev–Trinajstić information content (AvgIpc) is 2.35. The molecule has 11 heavy (non-hydrogen) atoms. The monoisotopic (exact) mass is 152 g/mol. The molecule has 1 fully saturated rings. The zero-order valence-corrected chi connectivity index (χ0v) is 6.67. The summed E-state index contributed by atoms with van der Waals surface area (Å²) in [4.78, 5) is 10.5. The number of carbonyl (C=O) groups excluding carboxylic acids is 1. The maximum Gasteiger partial charge on any atom is 0.151 e. The van der Waals surface area contributed by atoms with Gasteiger partial charge in [-0.2, -0.15) is 0 Å². The van der Waals surface area contributed by atoms with Crippen molar-refractivity contribution in [3.63, 3.8) is 0 Å². The molecular formula is C9H12O2. The van der Waals surface area contributed by atoms with E-state index >= 15 is 0 Å². The molecule has 0 aromatic rings. The van der Waals surface area contributed by atoms with Gasteiger partial charge in [-0.25, -0.2) is 0 Å².